The van der Waals surface area contributed by atoms with Crippen molar-refractivity contribution in [1.29, 1.82) is 0 Å². The third-order valence-corrected chi connectivity index (χ3v) is 5.90. The van der Waals surface area contributed by atoms with E-state index in [-0.39, 0.29) is 5.91 Å². The molecule has 0 unspecified atom stereocenters. The van der Waals surface area contributed by atoms with Gasteiger partial charge in [-0.15, -0.1) is 11.3 Å². The van der Waals surface area contributed by atoms with Crippen molar-refractivity contribution in [3.05, 3.63) is 84.8 Å². The molecule has 1 heterocycles. The molecule has 27 heavy (non-hydrogen) atoms. The lowest BCUT2D eigenvalue weighted by molar-refractivity contribution is -0.111. The predicted octanol–water partition coefficient (Wildman–Crippen LogP) is 7.00. The van der Waals surface area contributed by atoms with E-state index >= 15 is 0 Å². The number of hydrogen-bond acceptors (Lipinski definition) is 3. The molecule has 1 aromatic heterocycles. The number of anilines is 1. The first kappa shape index (κ1) is 20.2. The molecule has 0 saturated carbocycles. The van der Waals surface area contributed by atoms with E-state index < -0.39 is 0 Å². The van der Waals surface area contributed by atoms with Gasteiger partial charge < -0.3 is 0 Å². The van der Waals surface area contributed by atoms with Gasteiger partial charge >= 0.3 is 0 Å². The van der Waals surface area contributed by atoms with Crippen molar-refractivity contribution in [2.75, 3.05) is 5.32 Å². The number of nitrogens with one attached hydrogen (secondary N) is 1. The fourth-order valence-electron chi connectivity index (χ4n) is 2.28. The molecule has 0 saturated heterocycles. The minimum atomic E-state index is -0.312. The lowest BCUT2D eigenvalue weighted by atomic mass is 10.1. The van der Waals surface area contributed by atoms with Crippen molar-refractivity contribution in [3.8, 4) is 0 Å². The Kier molecular flexibility index (Phi) is 6.79. The van der Waals surface area contributed by atoms with Gasteiger partial charge in [0.05, 0.1) is 10.0 Å². The van der Waals surface area contributed by atoms with Crippen LogP contribution in [-0.2, 0) is 11.2 Å². The zero-order valence-corrected chi connectivity index (χ0v) is 17.5. The molecule has 3 nitrogen and oxygen atoms in total. The molecular weight excluding hydrogens is 446 g/mol. The quantitative estimate of drug-likeness (QED) is 0.419. The molecule has 0 radical (unpaired) electrons. The van der Waals surface area contributed by atoms with Crippen LogP contribution in [0.15, 0.2) is 48.7 Å². The van der Waals surface area contributed by atoms with Gasteiger partial charge in [0, 0.05) is 33.6 Å². The summed E-state index contributed by atoms with van der Waals surface area (Å²) in [5, 5.41) is 5.32. The summed E-state index contributed by atoms with van der Waals surface area (Å²) in [7, 11) is 0. The molecule has 2 aromatic carbocycles. The second kappa shape index (κ2) is 9.09. The van der Waals surface area contributed by atoms with Crippen molar-refractivity contribution < 1.29 is 4.79 Å². The lowest BCUT2D eigenvalue weighted by Crippen LogP contribution is -2.07. The third-order valence-electron chi connectivity index (χ3n) is 3.55. The molecule has 0 atom stereocenters. The highest BCUT2D eigenvalue weighted by atomic mass is 35.5. The smallest absolute Gasteiger partial charge is 0.250 e. The zero-order chi connectivity index (χ0) is 19.4. The van der Waals surface area contributed by atoms with E-state index in [1.165, 1.54) is 17.4 Å². The standard InChI is InChI=1S/C19H12Cl4N2OS/c20-13-5-6-15(21)12(8-13)9-14-10-24-19(27-14)25-17(26)7-4-11-2-1-3-16(22)18(11)23/h1-8,10H,9H2,(H,24,25,26)/b7-4+. The highest BCUT2D eigenvalue weighted by Crippen LogP contribution is 2.28. The first-order valence-electron chi connectivity index (χ1n) is 7.74. The molecule has 0 aliphatic carbocycles. The first-order valence-corrected chi connectivity index (χ1v) is 10.1. The van der Waals surface area contributed by atoms with Crippen LogP contribution in [-0.4, -0.2) is 10.9 Å². The summed E-state index contributed by atoms with van der Waals surface area (Å²) in [5.74, 6) is -0.312. The van der Waals surface area contributed by atoms with E-state index in [1.54, 1.807) is 42.6 Å². The molecule has 138 valence electrons. The van der Waals surface area contributed by atoms with Gasteiger partial charge in [0.25, 0.3) is 0 Å². The van der Waals surface area contributed by atoms with Crippen molar-refractivity contribution >= 4 is 74.9 Å². The van der Waals surface area contributed by atoms with Crippen molar-refractivity contribution in [3.63, 3.8) is 0 Å². The number of benzene rings is 2. The van der Waals surface area contributed by atoms with Gasteiger partial charge in [-0.3, -0.25) is 10.1 Å². The van der Waals surface area contributed by atoms with E-state index in [9.17, 15) is 4.79 Å². The Morgan fingerprint density at radius 3 is 2.74 bits per heavy atom. The van der Waals surface area contributed by atoms with Crippen LogP contribution in [0.1, 0.15) is 16.0 Å². The Morgan fingerprint density at radius 2 is 1.93 bits per heavy atom. The monoisotopic (exact) mass is 456 g/mol. The van der Waals surface area contributed by atoms with Crippen molar-refractivity contribution in [2.24, 2.45) is 0 Å². The average Bonchev–Trinajstić information content (AvgIpc) is 3.06. The summed E-state index contributed by atoms with van der Waals surface area (Å²) in [4.78, 5) is 17.3. The number of rotatable bonds is 5. The fourth-order valence-corrected chi connectivity index (χ4v) is 3.86. The normalized spacial score (nSPS) is 11.1. The number of amides is 1. The number of halogens is 4. The number of carbonyl (C=O) groups excluding carboxylic acids is 1. The molecular formula is C19H12Cl4N2OS. The average molecular weight is 458 g/mol. The number of thiazole rings is 1. The highest BCUT2D eigenvalue weighted by Gasteiger charge is 2.09. The second-order valence-corrected chi connectivity index (χ2v) is 8.25. The van der Waals surface area contributed by atoms with E-state index in [0.717, 1.165) is 10.4 Å². The molecule has 0 aliphatic rings. The number of carbonyl (C=O) groups is 1. The Labute approximate surface area is 180 Å². The van der Waals surface area contributed by atoms with Gasteiger partial charge in [-0.1, -0.05) is 58.5 Å². The molecule has 3 aromatic rings. The molecule has 0 fully saturated rings. The lowest BCUT2D eigenvalue weighted by Gasteiger charge is -2.02. The summed E-state index contributed by atoms with van der Waals surface area (Å²) in [6.07, 6.45) is 5.27. The largest absolute Gasteiger partial charge is 0.298 e. The number of nitrogens with zero attached hydrogens (tertiary/aromatic N) is 1. The molecule has 8 heteroatoms. The molecule has 1 N–H and O–H groups in total. The minimum Gasteiger partial charge on any atom is -0.298 e. The third kappa shape index (κ3) is 5.47. The zero-order valence-electron chi connectivity index (χ0n) is 13.7. The topological polar surface area (TPSA) is 42.0 Å². The van der Waals surface area contributed by atoms with Crippen LogP contribution in [0.2, 0.25) is 20.1 Å². The molecule has 3 rings (SSSR count). The molecule has 0 bridgehead atoms. The van der Waals surface area contributed by atoms with Crippen molar-refractivity contribution in [2.45, 2.75) is 6.42 Å². The van der Waals surface area contributed by atoms with E-state index in [2.05, 4.69) is 10.3 Å². The van der Waals surface area contributed by atoms with E-state index in [1.807, 2.05) is 6.07 Å². The minimum absolute atomic E-state index is 0.312. The molecule has 0 spiro atoms. The summed E-state index contributed by atoms with van der Waals surface area (Å²) in [6.45, 7) is 0. The van der Waals surface area contributed by atoms with Crippen LogP contribution in [0.4, 0.5) is 5.13 Å². The summed E-state index contributed by atoms with van der Waals surface area (Å²) in [5.41, 5.74) is 1.57. The van der Waals surface area contributed by atoms with E-state index in [0.29, 0.717) is 37.2 Å². The van der Waals surface area contributed by atoms with Crippen molar-refractivity contribution in [1.82, 2.24) is 4.98 Å². The van der Waals surface area contributed by atoms with Gasteiger partial charge in [0.15, 0.2) is 5.13 Å². The van der Waals surface area contributed by atoms with Gasteiger partial charge in [0.1, 0.15) is 0 Å². The van der Waals surface area contributed by atoms with Crippen LogP contribution in [0.25, 0.3) is 6.08 Å². The van der Waals surface area contributed by atoms with Gasteiger partial charge in [-0.05, 0) is 41.5 Å². The van der Waals surface area contributed by atoms with E-state index in [4.69, 9.17) is 46.4 Å². The maximum atomic E-state index is 12.1. The Morgan fingerprint density at radius 1 is 1.11 bits per heavy atom. The fraction of sp³-hybridized carbons (Fsp3) is 0.0526. The maximum absolute atomic E-state index is 12.1. The maximum Gasteiger partial charge on any atom is 0.250 e. The van der Waals surface area contributed by atoms with Gasteiger partial charge in [-0.25, -0.2) is 4.98 Å². The highest BCUT2D eigenvalue weighted by molar-refractivity contribution is 7.15. The predicted molar refractivity (Wildman–Crippen MR) is 116 cm³/mol. The Hall–Kier alpha value is -1.56. The summed E-state index contributed by atoms with van der Waals surface area (Å²) < 4.78 is 0. The number of hydrogen-bond donors (Lipinski definition) is 1. The molecule has 0 aliphatic heterocycles. The van der Waals surface area contributed by atoms with Crippen LogP contribution >= 0.6 is 57.7 Å². The summed E-state index contributed by atoms with van der Waals surface area (Å²) >= 11 is 25.6. The Balaban J connectivity index is 1.65. The second-order valence-electron chi connectivity index (χ2n) is 5.51. The molecule has 1 amide bonds. The van der Waals surface area contributed by atoms with Gasteiger partial charge in [0.2, 0.25) is 5.91 Å². The van der Waals surface area contributed by atoms with Crippen LogP contribution in [0.3, 0.4) is 0 Å². The van der Waals surface area contributed by atoms with Crippen LogP contribution < -0.4 is 5.32 Å². The van der Waals surface area contributed by atoms with Gasteiger partial charge in [-0.2, -0.15) is 0 Å². The Bertz CT molecular complexity index is 1020. The summed E-state index contributed by atoms with van der Waals surface area (Å²) in [6, 6.07) is 10.5. The first-order chi connectivity index (χ1) is 12.9. The van der Waals surface area contributed by atoms with Crippen LogP contribution in [0.5, 0.6) is 0 Å². The van der Waals surface area contributed by atoms with Crippen LogP contribution in [0, 0.1) is 0 Å². The number of aromatic nitrogens is 1. The SMILES string of the molecule is O=C(/C=C/c1cccc(Cl)c1Cl)Nc1ncc(Cc2cc(Cl)ccc2Cl)s1.